The molecule has 2 saturated carbocycles. The Morgan fingerprint density at radius 1 is 0.667 bits per heavy atom. The van der Waals surface area contributed by atoms with Crippen LogP contribution in [0.2, 0.25) is 0 Å². The fourth-order valence-electron chi connectivity index (χ4n) is 3.67. The molecule has 0 bridgehead atoms. The predicted molar refractivity (Wildman–Crippen MR) is 108 cm³/mol. The molecule has 0 N–H and O–H groups in total. The van der Waals surface area contributed by atoms with Crippen LogP contribution in [0.5, 0.6) is 0 Å². The summed E-state index contributed by atoms with van der Waals surface area (Å²) in [5.74, 6) is 9.25. The van der Waals surface area contributed by atoms with Gasteiger partial charge in [-0.3, -0.25) is 0 Å². The van der Waals surface area contributed by atoms with E-state index in [-0.39, 0.29) is 0 Å². The van der Waals surface area contributed by atoms with Gasteiger partial charge in [-0.05, 0) is 92.8 Å². The molecule has 0 nitrogen and oxygen atoms in total. The van der Waals surface area contributed by atoms with E-state index in [1.165, 1.54) is 68.6 Å². The summed E-state index contributed by atoms with van der Waals surface area (Å²) in [6.07, 6.45) is 14.0. The Morgan fingerprint density at radius 2 is 1.05 bits per heavy atom. The van der Waals surface area contributed by atoms with Crippen molar-refractivity contribution in [2.45, 2.75) is 51.4 Å². The van der Waals surface area contributed by atoms with Gasteiger partial charge in [0, 0.05) is 11.5 Å². The molecule has 2 rings (SSSR count). The molecule has 0 unspecified atom stereocenters. The third-order valence-electron chi connectivity index (χ3n) is 5.28. The van der Waals surface area contributed by atoms with E-state index in [1.54, 1.807) is 0 Å². The highest BCUT2D eigenvalue weighted by atomic mass is 33.1. The van der Waals surface area contributed by atoms with Gasteiger partial charge in [0.1, 0.15) is 0 Å². The molecule has 0 aromatic rings. The summed E-state index contributed by atoms with van der Waals surface area (Å²) in [6.45, 7) is 0. The van der Waals surface area contributed by atoms with Crippen LogP contribution in [0.1, 0.15) is 51.4 Å². The Bertz CT molecular complexity index is 256. The smallest absolute Gasteiger partial charge is 0.00653 e. The van der Waals surface area contributed by atoms with Gasteiger partial charge in [-0.1, -0.05) is 21.6 Å². The van der Waals surface area contributed by atoms with Crippen molar-refractivity contribution >= 4 is 46.0 Å². The molecular weight excluding hydrogens is 332 g/mol. The van der Waals surface area contributed by atoms with Crippen LogP contribution in [0.4, 0.5) is 0 Å². The first-order chi connectivity index (χ1) is 10.3. The van der Waals surface area contributed by atoms with Crippen LogP contribution >= 0.6 is 46.0 Å². The summed E-state index contributed by atoms with van der Waals surface area (Å²) in [5, 5.41) is 0. The lowest BCUT2D eigenvalue weighted by molar-refractivity contribution is 0.315. The van der Waals surface area contributed by atoms with Crippen molar-refractivity contribution in [2.75, 3.05) is 29.3 Å². The number of thioether (sulfide) groups is 1. The van der Waals surface area contributed by atoms with E-state index in [0.29, 0.717) is 0 Å². The summed E-state index contributed by atoms with van der Waals surface area (Å²) in [7, 11) is 4.34. The number of rotatable bonds is 8. The van der Waals surface area contributed by atoms with Gasteiger partial charge in [-0.25, -0.2) is 0 Å². The van der Waals surface area contributed by atoms with Gasteiger partial charge in [0.25, 0.3) is 0 Å². The van der Waals surface area contributed by atoms with Crippen molar-refractivity contribution in [2.24, 2.45) is 23.7 Å². The Kier molecular flexibility index (Phi) is 9.85. The van der Waals surface area contributed by atoms with Crippen molar-refractivity contribution in [1.29, 1.82) is 0 Å². The lowest BCUT2D eigenvalue weighted by Gasteiger charge is -2.28. The van der Waals surface area contributed by atoms with Crippen molar-refractivity contribution in [3.63, 3.8) is 0 Å². The second kappa shape index (κ2) is 11.0. The molecular formula is C17H32S4. The van der Waals surface area contributed by atoms with Crippen molar-refractivity contribution in [1.82, 2.24) is 0 Å². The zero-order valence-electron chi connectivity index (χ0n) is 13.5. The Hall–Kier alpha value is 1.40. The highest BCUT2D eigenvalue weighted by Gasteiger charge is 2.22. The van der Waals surface area contributed by atoms with E-state index in [1.807, 2.05) is 11.8 Å². The average molecular weight is 365 g/mol. The topological polar surface area (TPSA) is 0 Å². The number of hydrogen-bond donors (Lipinski definition) is 1. The molecule has 0 atom stereocenters. The zero-order chi connectivity index (χ0) is 14.9. The summed E-state index contributed by atoms with van der Waals surface area (Å²) < 4.78 is 0. The SMILES string of the molecule is CSC[C@H]1CC[C@@H](CSSC[C@H]2CC[C@@H](CS)CC2)CC1. The van der Waals surface area contributed by atoms with Gasteiger partial charge in [0.2, 0.25) is 0 Å². The van der Waals surface area contributed by atoms with Crippen LogP contribution in [-0.2, 0) is 0 Å². The van der Waals surface area contributed by atoms with Gasteiger partial charge >= 0.3 is 0 Å². The monoisotopic (exact) mass is 364 g/mol. The van der Waals surface area contributed by atoms with E-state index in [4.69, 9.17) is 0 Å². The second-order valence-corrected chi connectivity index (χ2v) is 10.8. The minimum atomic E-state index is 0.915. The van der Waals surface area contributed by atoms with Crippen molar-refractivity contribution in [3.05, 3.63) is 0 Å². The molecule has 2 aliphatic rings. The minimum absolute atomic E-state index is 0.915. The van der Waals surface area contributed by atoms with E-state index in [0.717, 1.165) is 29.4 Å². The molecule has 2 fully saturated rings. The first-order valence-corrected chi connectivity index (χ1v) is 13.2. The summed E-state index contributed by atoms with van der Waals surface area (Å²) in [4.78, 5) is 0. The fourth-order valence-corrected chi connectivity index (χ4v) is 7.82. The molecule has 0 aromatic heterocycles. The van der Waals surface area contributed by atoms with Gasteiger partial charge in [0.15, 0.2) is 0 Å². The van der Waals surface area contributed by atoms with E-state index in [2.05, 4.69) is 40.5 Å². The quantitative estimate of drug-likeness (QED) is 0.306. The fraction of sp³-hybridized carbons (Fsp3) is 1.00. The Morgan fingerprint density at radius 3 is 1.43 bits per heavy atom. The average Bonchev–Trinajstić information content (AvgIpc) is 2.54. The standard InChI is InChI=1S/C17H32S4/c1-19-11-15-6-8-17(9-7-15)13-21-20-12-16-4-2-14(10-18)3-5-16/h14-18H,2-13H2,1H3/t14-,15-,16+,17+. The Labute approximate surface area is 149 Å². The number of thiol groups is 1. The molecule has 0 saturated heterocycles. The lowest BCUT2D eigenvalue weighted by Crippen LogP contribution is -2.18. The highest BCUT2D eigenvalue weighted by molar-refractivity contribution is 8.76. The maximum Gasteiger partial charge on any atom is 0.00653 e. The van der Waals surface area contributed by atoms with Crippen LogP contribution in [-0.4, -0.2) is 29.3 Å². The highest BCUT2D eigenvalue weighted by Crippen LogP contribution is 2.38. The molecule has 4 heteroatoms. The summed E-state index contributed by atoms with van der Waals surface area (Å²) in [6, 6.07) is 0. The predicted octanol–water partition coefficient (Wildman–Crippen LogP) is 6.27. The molecule has 0 spiro atoms. The third kappa shape index (κ3) is 7.22. The first-order valence-electron chi connectivity index (χ1n) is 8.66. The molecule has 2 aliphatic carbocycles. The molecule has 0 radical (unpaired) electrons. The number of hydrogen-bond acceptors (Lipinski definition) is 4. The molecule has 124 valence electrons. The maximum absolute atomic E-state index is 4.45. The molecule has 0 aromatic carbocycles. The van der Waals surface area contributed by atoms with Crippen LogP contribution < -0.4 is 0 Å². The first kappa shape index (κ1) is 18.7. The van der Waals surface area contributed by atoms with Gasteiger partial charge < -0.3 is 0 Å². The molecule has 21 heavy (non-hydrogen) atoms. The van der Waals surface area contributed by atoms with Crippen LogP contribution in [0, 0.1) is 23.7 Å². The van der Waals surface area contributed by atoms with E-state index < -0.39 is 0 Å². The Balaban J connectivity index is 1.47. The second-order valence-electron chi connectivity index (χ2n) is 6.98. The summed E-state index contributed by atoms with van der Waals surface area (Å²) in [5.41, 5.74) is 0. The largest absolute Gasteiger partial charge is 0.179 e. The van der Waals surface area contributed by atoms with Gasteiger partial charge in [-0.2, -0.15) is 24.4 Å². The zero-order valence-corrected chi connectivity index (χ0v) is 16.8. The van der Waals surface area contributed by atoms with Gasteiger partial charge in [0.05, 0.1) is 0 Å². The van der Waals surface area contributed by atoms with Crippen LogP contribution in [0.3, 0.4) is 0 Å². The third-order valence-corrected chi connectivity index (χ3v) is 9.30. The van der Waals surface area contributed by atoms with E-state index >= 15 is 0 Å². The lowest BCUT2D eigenvalue weighted by atomic mass is 9.84. The normalized spacial score (nSPS) is 34.0. The maximum atomic E-state index is 4.45. The molecule has 0 heterocycles. The molecule has 0 amide bonds. The van der Waals surface area contributed by atoms with Crippen molar-refractivity contribution in [3.8, 4) is 0 Å². The van der Waals surface area contributed by atoms with E-state index in [9.17, 15) is 0 Å². The summed E-state index contributed by atoms with van der Waals surface area (Å²) >= 11 is 6.48. The minimum Gasteiger partial charge on any atom is -0.179 e. The molecule has 0 aliphatic heterocycles. The van der Waals surface area contributed by atoms with Gasteiger partial charge in [-0.15, -0.1) is 0 Å². The van der Waals surface area contributed by atoms with Crippen molar-refractivity contribution < 1.29 is 0 Å². The van der Waals surface area contributed by atoms with Crippen LogP contribution in [0.15, 0.2) is 0 Å². The van der Waals surface area contributed by atoms with Crippen LogP contribution in [0.25, 0.3) is 0 Å².